The summed E-state index contributed by atoms with van der Waals surface area (Å²) in [4.78, 5) is 23.7. The molecule has 0 aromatic carbocycles. The van der Waals surface area contributed by atoms with Crippen molar-refractivity contribution < 1.29 is 9.53 Å². The highest BCUT2D eigenvalue weighted by atomic mass is 16.5. The third kappa shape index (κ3) is 2.67. The Labute approximate surface area is 111 Å². The van der Waals surface area contributed by atoms with Gasteiger partial charge in [-0.15, -0.1) is 0 Å². The zero-order valence-corrected chi connectivity index (χ0v) is 11.4. The number of carbonyl (C=O) groups excluding carboxylic acids is 1. The summed E-state index contributed by atoms with van der Waals surface area (Å²) in [6, 6.07) is 3.75. The van der Waals surface area contributed by atoms with E-state index in [2.05, 4.69) is 20.3 Å². The second-order valence-electron chi connectivity index (χ2n) is 4.15. The molecule has 0 aliphatic heterocycles. The fourth-order valence-corrected chi connectivity index (χ4v) is 1.93. The molecule has 6 heteroatoms. The minimum absolute atomic E-state index is 0.252. The van der Waals surface area contributed by atoms with E-state index in [1.165, 1.54) is 0 Å². The van der Waals surface area contributed by atoms with Crippen molar-refractivity contribution in [2.24, 2.45) is 0 Å². The summed E-state index contributed by atoms with van der Waals surface area (Å²) in [6.45, 7) is 4.10. The highest BCUT2D eigenvalue weighted by Crippen LogP contribution is 2.21. The van der Waals surface area contributed by atoms with Crippen molar-refractivity contribution in [1.29, 1.82) is 0 Å². The molecule has 0 aliphatic carbocycles. The summed E-state index contributed by atoms with van der Waals surface area (Å²) < 4.78 is 5.06. The lowest BCUT2D eigenvalue weighted by molar-refractivity contribution is -0.145. The Balaban J connectivity index is 2.35. The molecule has 1 atom stereocenters. The topological polar surface area (TPSA) is 79.9 Å². The lowest BCUT2D eigenvalue weighted by Gasteiger charge is -2.10. The lowest BCUT2D eigenvalue weighted by atomic mass is 10.1. The van der Waals surface area contributed by atoms with E-state index in [4.69, 9.17) is 4.74 Å². The van der Waals surface area contributed by atoms with Gasteiger partial charge >= 0.3 is 5.97 Å². The molecule has 19 heavy (non-hydrogen) atoms. The van der Waals surface area contributed by atoms with Gasteiger partial charge in [-0.25, -0.2) is 9.97 Å². The van der Waals surface area contributed by atoms with E-state index in [1.54, 1.807) is 14.0 Å². The summed E-state index contributed by atoms with van der Waals surface area (Å²) in [7, 11) is 1.80. The van der Waals surface area contributed by atoms with E-state index in [0.717, 1.165) is 11.3 Å². The third-order valence-electron chi connectivity index (χ3n) is 2.93. The van der Waals surface area contributed by atoms with Crippen molar-refractivity contribution in [2.75, 3.05) is 19.0 Å². The normalized spacial score (nSPS) is 12.4. The molecular weight excluding hydrogens is 244 g/mol. The first-order chi connectivity index (χ1) is 9.19. The lowest BCUT2D eigenvalue weighted by Crippen LogP contribution is -2.16. The number of H-pyrrole nitrogens is 1. The van der Waals surface area contributed by atoms with Crippen LogP contribution in [-0.2, 0) is 9.53 Å². The molecule has 0 radical (unpaired) electrons. The molecule has 1 unspecified atom stereocenters. The van der Waals surface area contributed by atoms with Gasteiger partial charge in [-0.1, -0.05) is 6.92 Å². The van der Waals surface area contributed by atoms with Crippen LogP contribution in [-0.4, -0.2) is 34.6 Å². The Morgan fingerprint density at radius 2 is 2.21 bits per heavy atom. The number of carbonyl (C=O) groups is 1. The Bertz CT molecular complexity index is 579. The number of nitrogens with one attached hydrogen (secondary N) is 2. The summed E-state index contributed by atoms with van der Waals surface area (Å²) in [5.41, 5.74) is 1.42. The average Bonchev–Trinajstić information content (AvgIpc) is 2.82. The number of hydrogen-bond acceptors (Lipinski definition) is 5. The van der Waals surface area contributed by atoms with Gasteiger partial charge in [0.25, 0.3) is 0 Å². The molecule has 2 heterocycles. The van der Waals surface area contributed by atoms with Crippen LogP contribution in [0.3, 0.4) is 0 Å². The standard InChI is InChI=1S/C13H18N4O2/c1-4-8(13(18)19-5-2)11-15-9-6-7-10(14-3)16-12(9)17-11/h6-8H,4-5H2,1-3H3,(H2,14,15,16,17). The Kier molecular flexibility index (Phi) is 3.99. The van der Waals surface area contributed by atoms with Crippen LogP contribution in [0.4, 0.5) is 5.82 Å². The summed E-state index contributed by atoms with van der Waals surface area (Å²) in [5.74, 6) is 0.733. The number of pyridine rings is 1. The second-order valence-corrected chi connectivity index (χ2v) is 4.15. The largest absolute Gasteiger partial charge is 0.465 e. The molecule has 2 aromatic heterocycles. The molecule has 2 aromatic rings. The van der Waals surface area contributed by atoms with Crippen LogP contribution in [0.15, 0.2) is 12.1 Å². The first-order valence-corrected chi connectivity index (χ1v) is 6.40. The van der Waals surface area contributed by atoms with E-state index in [9.17, 15) is 4.79 Å². The number of rotatable bonds is 5. The van der Waals surface area contributed by atoms with Crippen LogP contribution in [0.2, 0.25) is 0 Å². The molecule has 0 fully saturated rings. The fraction of sp³-hybridized carbons (Fsp3) is 0.462. The fourth-order valence-electron chi connectivity index (χ4n) is 1.93. The number of imidazole rings is 1. The zero-order valence-electron chi connectivity index (χ0n) is 11.4. The van der Waals surface area contributed by atoms with Crippen LogP contribution in [0.5, 0.6) is 0 Å². The monoisotopic (exact) mass is 262 g/mol. The second kappa shape index (κ2) is 5.69. The van der Waals surface area contributed by atoms with Crippen LogP contribution < -0.4 is 5.32 Å². The number of fused-ring (bicyclic) bond motifs is 1. The van der Waals surface area contributed by atoms with Crippen LogP contribution >= 0.6 is 0 Å². The molecular formula is C13H18N4O2. The maximum atomic E-state index is 11.9. The van der Waals surface area contributed by atoms with E-state index < -0.39 is 0 Å². The van der Waals surface area contributed by atoms with E-state index in [0.29, 0.717) is 24.5 Å². The minimum Gasteiger partial charge on any atom is -0.465 e. The van der Waals surface area contributed by atoms with Crippen molar-refractivity contribution in [3.63, 3.8) is 0 Å². The molecule has 2 N–H and O–H groups in total. The summed E-state index contributed by atoms with van der Waals surface area (Å²) >= 11 is 0. The van der Waals surface area contributed by atoms with E-state index in [1.807, 2.05) is 19.1 Å². The number of esters is 1. The molecule has 0 saturated heterocycles. The SMILES string of the molecule is CCOC(=O)C(CC)c1nc2nc(NC)ccc2[nH]1. The number of aromatic amines is 1. The highest BCUT2D eigenvalue weighted by Gasteiger charge is 2.23. The molecule has 0 saturated carbocycles. The first-order valence-electron chi connectivity index (χ1n) is 6.40. The van der Waals surface area contributed by atoms with Crippen molar-refractivity contribution >= 4 is 23.0 Å². The minimum atomic E-state index is -0.368. The average molecular weight is 262 g/mol. The van der Waals surface area contributed by atoms with Gasteiger partial charge in [0.05, 0.1) is 12.1 Å². The van der Waals surface area contributed by atoms with Crippen molar-refractivity contribution in [1.82, 2.24) is 15.0 Å². The predicted octanol–water partition coefficient (Wildman–Crippen LogP) is 2.06. The zero-order chi connectivity index (χ0) is 13.8. The number of hydrogen-bond donors (Lipinski definition) is 2. The van der Waals surface area contributed by atoms with E-state index >= 15 is 0 Å². The van der Waals surface area contributed by atoms with Crippen molar-refractivity contribution in [3.05, 3.63) is 18.0 Å². The van der Waals surface area contributed by atoms with Gasteiger partial charge in [0.2, 0.25) is 0 Å². The number of aromatic nitrogens is 3. The summed E-state index contributed by atoms with van der Waals surface area (Å²) in [6.07, 6.45) is 0.636. The molecule has 6 nitrogen and oxygen atoms in total. The molecule has 0 spiro atoms. The van der Waals surface area contributed by atoms with Crippen molar-refractivity contribution in [2.45, 2.75) is 26.2 Å². The number of nitrogens with zero attached hydrogens (tertiary/aromatic N) is 2. The highest BCUT2D eigenvalue weighted by molar-refractivity contribution is 5.79. The van der Waals surface area contributed by atoms with Gasteiger partial charge in [-0.2, -0.15) is 0 Å². The van der Waals surface area contributed by atoms with Gasteiger partial charge in [-0.05, 0) is 25.5 Å². The molecule has 2 rings (SSSR count). The smallest absolute Gasteiger partial charge is 0.316 e. The Morgan fingerprint density at radius 1 is 1.42 bits per heavy atom. The van der Waals surface area contributed by atoms with Gasteiger partial charge in [-0.3, -0.25) is 4.79 Å². The maximum absolute atomic E-state index is 11.9. The van der Waals surface area contributed by atoms with E-state index in [-0.39, 0.29) is 11.9 Å². The van der Waals surface area contributed by atoms with Gasteiger partial charge in [0.1, 0.15) is 17.6 Å². The van der Waals surface area contributed by atoms with Gasteiger partial charge < -0.3 is 15.0 Å². The quantitative estimate of drug-likeness (QED) is 0.806. The third-order valence-corrected chi connectivity index (χ3v) is 2.93. The maximum Gasteiger partial charge on any atom is 0.316 e. The van der Waals surface area contributed by atoms with Crippen LogP contribution in [0, 0.1) is 0 Å². The predicted molar refractivity (Wildman–Crippen MR) is 73.1 cm³/mol. The molecule has 0 bridgehead atoms. The molecule has 102 valence electrons. The number of anilines is 1. The Morgan fingerprint density at radius 3 is 2.84 bits per heavy atom. The molecule has 0 amide bonds. The van der Waals surface area contributed by atoms with Crippen LogP contribution in [0.25, 0.3) is 11.2 Å². The van der Waals surface area contributed by atoms with Crippen LogP contribution in [0.1, 0.15) is 32.0 Å². The first kappa shape index (κ1) is 13.3. The Hall–Kier alpha value is -2.11. The van der Waals surface area contributed by atoms with Crippen molar-refractivity contribution in [3.8, 4) is 0 Å². The summed E-state index contributed by atoms with van der Waals surface area (Å²) in [5, 5.41) is 2.96. The van der Waals surface area contributed by atoms with Gasteiger partial charge in [0.15, 0.2) is 5.65 Å². The molecule has 0 aliphatic rings. The van der Waals surface area contributed by atoms with Gasteiger partial charge in [0, 0.05) is 7.05 Å². The number of ether oxygens (including phenoxy) is 1.